The molecule has 0 unspecified atom stereocenters. The quantitative estimate of drug-likeness (QED) is 0.732. The predicted octanol–water partition coefficient (Wildman–Crippen LogP) is 3.78. The van der Waals surface area contributed by atoms with Crippen LogP contribution in [0.4, 0.5) is 5.69 Å². The average Bonchev–Trinajstić information content (AvgIpc) is 2.72. The summed E-state index contributed by atoms with van der Waals surface area (Å²) >= 11 is 0. The number of rotatable bonds is 7. The van der Waals surface area contributed by atoms with Crippen molar-refractivity contribution in [2.24, 2.45) is 5.92 Å². The number of likely N-dealkylation sites (tertiary alicyclic amines) is 1. The van der Waals surface area contributed by atoms with Gasteiger partial charge in [-0.25, -0.2) is 0 Å². The zero-order valence-corrected chi connectivity index (χ0v) is 17.5. The zero-order valence-electron chi connectivity index (χ0n) is 17.5. The fraction of sp³-hybridized carbons (Fsp3) is 0.458. The molecule has 1 amide bonds. The maximum Gasteiger partial charge on any atom is 0.255 e. The van der Waals surface area contributed by atoms with Crippen molar-refractivity contribution in [2.45, 2.75) is 19.3 Å². The van der Waals surface area contributed by atoms with Crippen molar-refractivity contribution in [3.63, 3.8) is 0 Å². The maximum absolute atomic E-state index is 13.5. The van der Waals surface area contributed by atoms with E-state index in [1.54, 1.807) is 0 Å². The summed E-state index contributed by atoms with van der Waals surface area (Å²) < 4.78 is 0. The third kappa shape index (κ3) is 5.35. The summed E-state index contributed by atoms with van der Waals surface area (Å²) in [6, 6.07) is 18.4. The first kappa shape index (κ1) is 20.4. The molecule has 0 N–H and O–H groups in total. The highest BCUT2D eigenvalue weighted by Crippen LogP contribution is 2.23. The molecule has 0 aliphatic carbocycles. The van der Waals surface area contributed by atoms with Gasteiger partial charge in [-0.2, -0.15) is 0 Å². The number of nitrogens with zero attached hydrogens (tertiary/aromatic N) is 3. The van der Waals surface area contributed by atoms with E-state index in [-0.39, 0.29) is 5.91 Å². The average molecular weight is 380 g/mol. The minimum absolute atomic E-state index is 0.152. The number of anilines is 1. The van der Waals surface area contributed by atoms with Gasteiger partial charge in [-0.1, -0.05) is 42.5 Å². The highest BCUT2D eigenvalue weighted by molar-refractivity contribution is 5.99. The Labute approximate surface area is 169 Å². The summed E-state index contributed by atoms with van der Waals surface area (Å²) in [4.78, 5) is 20.0. The Morgan fingerprint density at radius 2 is 1.64 bits per heavy atom. The molecule has 1 fully saturated rings. The number of hydrogen-bond acceptors (Lipinski definition) is 3. The number of benzene rings is 2. The van der Waals surface area contributed by atoms with Gasteiger partial charge in [0.25, 0.3) is 5.91 Å². The van der Waals surface area contributed by atoms with Crippen LogP contribution in [-0.4, -0.2) is 63.0 Å². The topological polar surface area (TPSA) is 26.8 Å². The molecule has 0 aromatic heterocycles. The Morgan fingerprint density at radius 3 is 2.32 bits per heavy atom. The molecule has 0 bridgehead atoms. The number of hydrogen-bond donors (Lipinski definition) is 0. The predicted molar refractivity (Wildman–Crippen MR) is 117 cm³/mol. The fourth-order valence-corrected chi connectivity index (χ4v) is 3.96. The third-order valence-corrected chi connectivity index (χ3v) is 5.73. The van der Waals surface area contributed by atoms with Crippen LogP contribution in [0.3, 0.4) is 0 Å². The Hall–Kier alpha value is -2.33. The highest BCUT2D eigenvalue weighted by atomic mass is 16.2. The minimum atomic E-state index is 0.152. The fourth-order valence-electron chi connectivity index (χ4n) is 3.96. The lowest BCUT2D eigenvalue weighted by molar-refractivity contribution is 0.0701. The molecule has 0 radical (unpaired) electrons. The van der Waals surface area contributed by atoms with Crippen LogP contribution in [-0.2, 0) is 6.42 Å². The van der Waals surface area contributed by atoms with Gasteiger partial charge in [0, 0.05) is 32.9 Å². The van der Waals surface area contributed by atoms with Gasteiger partial charge in [-0.15, -0.1) is 0 Å². The van der Waals surface area contributed by atoms with E-state index in [9.17, 15) is 4.79 Å². The standard InChI is InChI=1S/C24H33N3O/c1-25(2)23-12-8-7-11-22(23)24(28)27(18-15-20-9-5-4-6-10-20)19-21-13-16-26(3)17-14-21/h4-12,21H,13-19H2,1-3H3. The van der Waals surface area contributed by atoms with Gasteiger partial charge in [0.15, 0.2) is 0 Å². The molecule has 0 atom stereocenters. The molecule has 1 aliphatic rings. The van der Waals surface area contributed by atoms with Crippen LogP contribution in [0.25, 0.3) is 0 Å². The normalized spacial score (nSPS) is 15.4. The first-order chi connectivity index (χ1) is 13.5. The largest absolute Gasteiger partial charge is 0.377 e. The summed E-state index contributed by atoms with van der Waals surface area (Å²) in [5.41, 5.74) is 3.07. The van der Waals surface area contributed by atoms with Crippen molar-refractivity contribution in [1.29, 1.82) is 0 Å². The number of carbonyl (C=O) groups excluding carboxylic acids is 1. The van der Waals surface area contributed by atoms with Crippen LogP contribution in [0.2, 0.25) is 0 Å². The van der Waals surface area contributed by atoms with Crippen molar-refractivity contribution in [1.82, 2.24) is 9.80 Å². The van der Waals surface area contributed by atoms with Crippen molar-refractivity contribution < 1.29 is 4.79 Å². The number of para-hydroxylation sites is 1. The molecule has 2 aromatic rings. The second kappa shape index (κ2) is 9.74. The molecule has 1 aliphatic heterocycles. The van der Waals surface area contributed by atoms with E-state index in [2.05, 4.69) is 41.1 Å². The van der Waals surface area contributed by atoms with E-state index in [1.807, 2.05) is 49.3 Å². The molecule has 0 saturated carbocycles. The van der Waals surface area contributed by atoms with Crippen LogP contribution in [0.5, 0.6) is 0 Å². The first-order valence-electron chi connectivity index (χ1n) is 10.3. The Bertz CT molecular complexity index is 751. The monoisotopic (exact) mass is 379 g/mol. The van der Waals surface area contributed by atoms with Crippen LogP contribution >= 0.6 is 0 Å². The molecule has 4 nitrogen and oxygen atoms in total. The maximum atomic E-state index is 13.5. The molecular weight excluding hydrogens is 346 g/mol. The molecule has 2 aromatic carbocycles. The molecule has 150 valence electrons. The van der Waals surface area contributed by atoms with E-state index < -0.39 is 0 Å². The van der Waals surface area contributed by atoms with Crippen LogP contribution < -0.4 is 4.90 Å². The van der Waals surface area contributed by atoms with Crippen molar-refractivity contribution in [2.75, 3.05) is 52.2 Å². The smallest absolute Gasteiger partial charge is 0.255 e. The Kier molecular flexibility index (Phi) is 7.10. The van der Waals surface area contributed by atoms with Crippen molar-refractivity contribution in [3.05, 3.63) is 65.7 Å². The lowest BCUT2D eigenvalue weighted by Crippen LogP contribution is -2.41. The molecule has 1 heterocycles. The van der Waals surface area contributed by atoms with E-state index >= 15 is 0 Å². The Balaban J connectivity index is 1.77. The second-order valence-electron chi connectivity index (χ2n) is 8.14. The van der Waals surface area contributed by atoms with Gasteiger partial charge >= 0.3 is 0 Å². The van der Waals surface area contributed by atoms with Crippen molar-refractivity contribution >= 4 is 11.6 Å². The van der Waals surface area contributed by atoms with E-state index in [0.29, 0.717) is 5.92 Å². The number of amides is 1. The van der Waals surface area contributed by atoms with Crippen LogP contribution in [0, 0.1) is 5.92 Å². The summed E-state index contributed by atoms with van der Waals surface area (Å²) in [6.07, 6.45) is 3.23. The summed E-state index contributed by atoms with van der Waals surface area (Å²) in [5, 5.41) is 0. The molecular formula is C24H33N3O. The first-order valence-corrected chi connectivity index (χ1v) is 10.3. The second-order valence-corrected chi connectivity index (χ2v) is 8.14. The van der Waals surface area contributed by atoms with E-state index in [1.165, 1.54) is 18.4 Å². The van der Waals surface area contributed by atoms with Crippen LogP contribution in [0.15, 0.2) is 54.6 Å². The van der Waals surface area contributed by atoms with Crippen LogP contribution in [0.1, 0.15) is 28.8 Å². The zero-order chi connectivity index (χ0) is 19.9. The highest BCUT2D eigenvalue weighted by Gasteiger charge is 2.24. The Morgan fingerprint density at radius 1 is 1.00 bits per heavy atom. The molecule has 4 heteroatoms. The number of piperidine rings is 1. The molecule has 3 rings (SSSR count). The summed E-state index contributed by atoms with van der Waals surface area (Å²) in [6.45, 7) is 3.86. The molecule has 0 spiro atoms. The minimum Gasteiger partial charge on any atom is -0.377 e. The van der Waals surface area contributed by atoms with Gasteiger partial charge in [0.05, 0.1) is 5.56 Å². The van der Waals surface area contributed by atoms with E-state index in [0.717, 1.165) is 43.9 Å². The van der Waals surface area contributed by atoms with Gasteiger partial charge < -0.3 is 14.7 Å². The number of carbonyl (C=O) groups is 1. The van der Waals surface area contributed by atoms with Gasteiger partial charge in [0.1, 0.15) is 0 Å². The van der Waals surface area contributed by atoms with E-state index in [4.69, 9.17) is 0 Å². The SMILES string of the molecule is CN1CCC(CN(CCc2ccccc2)C(=O)c2ccccc2N(C)C)CC1. The van der Waals surface area contributed by atoms with Gasteiger partial charge in [-0.05, 0) is 63.0 Å². The lowest BCUT2D eigenvalue weighted by atomic mass is 9.96. The molecule has 28 heavy (non-hydrogen) atoms. The summed E-state index contributed by atoms with van der Waals surface area (Å²) in [5.74, 6) is 0.738. The van der Waals surface area contributed by atoms with Gasteiger partial charge in [-0.3, -0.25) is 4.79 Å². The summed E-state index contributed by atoms with van der Waals surface area (Å²) in [7, 11) is 6.18. The van der Waals surface area contributed by atoms with Gasteiger partial charge in [0.2, 0.25) is 0 Å². The molecule has 1 saturated heterocycles. The third-order valence-electron chi connectivity index (χ3n) is 5.73. The lowest BCUT2D eigenvalue weighted by Gasteiger charge is -2.34. The van der Waals surface area contributed by atoms with Crippen molar-refractivity contribution in [3.8, 4) is 0 Å².